The summed E-state index contributed by atoms with van der Waals surface area (Å²) in [5.41, 5.74) is 0. The normalized spacial score (nSPS) is 17.4. The highest BCUT2D eigenvalue weighted by Gasteiger charge is 2.36. The lowest BCUT2D eigenvalue weighted by Gasteiger charge is -2.23. The standard InChI is InChI=1S/C8H12O10/c9-1-2(10)3(11)4(12)5(13)7(16)18-8(17)6(14)15/h2-5,9-13H,1H2,(H,14,15)/t2-,3-,4+,5-/m1/s1. The largest absolute Gasteiger partial charge is 0.473 e. The number of rotatable bonds is 5. The van der Waals surface area contributed by atoms with E-state index in [2.05, 4.69) is 4.74 Å². The van der Waals surface area contributed by atoms with E-state index in [9.17, 15) is 19.5 Å². The van der Waals surface area contributed by atoms with E-state index < -0.39 is 48.9 Å². The highest BCUT2D eigenvalue weighted by atomic mass is 16.6. The van der Waals surface area contributed by atoms with Gasteiger partial charge in [-0.05, 0) is 0 Å². The predicted octanol–water partition coefficient (Wildman–Crippen LogP) is -4.42. The van der Waals surface area contributed by atoms with E-state index in [0.717, 1.165) is 0 Å². The van der Waals surface area contributed by atoms with E-state index in [1.54, 1.807) is 0 Å². The summed E-state index contributed by atoms with van der Waals surface area (Å²) in [4.78, 5) is 31.4. The van der Waals surface area contributed by atoms with Gasteiger partial charge < -0.3 is 35.4 Å². The molecule has 4 atom stereocenters. The highest BCUT2D eigenvalue weighted by molar-refractivity contribution is 6.30. The third-order valence-electron chi connectivity index (χ3n) is 1.86. The minimum absolute atomic E-state index is 0.964. The molecule has 0 aliphatic carbocycles. The number of hydrogen-bond acceptors (Lipinski definition) is 9. The lowest BCUT2D eigenvalue weighted by atomic mass is 10.0. The zero-order chi connectivity index (χ0) is 14.5. The fourth-order valence-corrected chi connectivity index (χ4v) is 0.857. The van der Waals surface area contributed by atoms with Crippen LogP contribution in [0.15, 0.2) is 0 Å². The number of carbonyl (C=O) groups excluding carboxylic acids is 2. The topological polar surface area (TPSA) is 182 Å². The summed E-state index contributed by atoms with van der Waals surface area (Å²) in [6, 6.07) is 0. The molecular formula is C8H12O10. The quantitative estimate of drug-likeness (QED) is 0.162. The minimum atomic E-state index is -2.47. The molecule has 0 aromatic heterocycles. The van der Waals surface area contributed by atoms with Crippen molar-refractivity contribution in [2.45, 2.75) is 24.4 Å². The van der Waals surface area contributed by atoms with Crippen LogP contribution in [-0.2, 0) is 19.1 Å². The van der Waals surface area contributed by atoms with Crippen molar-refractivity contribution in [3.05, 3.63) is 0 Å². The molecule has 18 heavy (non-hydrogen) atoms. The van der Waals surface area contributed by atoms with Gasteiger partial charge in [-0.2, -0.15) is 0 Å². The number of aliphatic carboxylic acids is 1. The molecule has 0 aromatic rings. The molecule has 10 nitrogen and oxygen atoms in total. The fraction of sp³-hybridized carbons (Fsp3) is 0.625. The molecule has 0 heterocycles. The molecule has 104 valence electrons. The van der Waals surface area contributed by atoms with Crippen LogP contribution in [0.25, 0.3) is 0 Å². The molecule has 0 saturated carbocycles. The molecule has 0 saturated heterocycles. The van der Waals surface area contributed by atoms with E-state index >= 15 is 0 Å². The summed E-state index contributed by atoms with van der Waals surface area (Å²) in [5, 5.41) is 52.9. The predicted molar refractivity (Wildman–Crippen MR) is 49.8 cm³/mol. The first-order valence-electron chi connectivity index (χ1n) is 4.54. The molecule has 0 aliphatic rings. The summed E-state index contributed by atoms with van der Waals surface area (Å²) in [6.45, 7) is -0.964. The maximum atomic E-state index is 10.9. The third-order valence-corrected chi connectivity index (χ3v) is 1.86. The van der Waals surface area contributed by atoms with Crippen LogP contribution in [0.1, 0.15) is 0 Å². The Hall–Kier alpha value is -1.59. The molecule has 0 radical (unpaired) electrons. The Morgan fingerprint density at radius 2 is 1.50 bits per heavy atom. The lowest BCUT2D eigenvalue weighted by molar-refractivity contribution is -0.182. The van der Waals surface area contributed by atoms with E-state index in [0.29, 0.717) is 0 Å². The Bertz CT molecular complexity index is 326. The van der Waals surface area contributed by atoms with Gasteiger partial charge in [0.05, 0.1) is 6.61 Å². The van der Waals surface area contributed by atoms with Gasteiger partial charge >= 0.3 is 17.9 Å². The van der Waals surface area contributed by atoms with E-state index in [1.165, 1.54) is 0 Å². The zero-order valence-electron chi connectivity index (χ0n) is 8.83. The lowest BCUT2D eigenvalue weighted by Crippen LogP contribution is -2.49. The first-order valence-corrected chi connectivity index (χ1v) is 4.54. The molecule has 6 N–H and O–H groups in total. The Morgan fingerprint density at radius 1 is 1.00 bits per heavy atom. The molecule has 0 spiro atoms. The number of aliphatic hydroxyl groups is 5. The fourth-order valence-electron chi connectivity index (χ4n) is 0.857. The zero-order valence-corrected chi connectivity index (χ0v) is 8.83. The van der Waals surface area contributed by atoms with Crippen molar-refractivity contribution < 1.29 is 49.8 Å². The van der Waals surface area contributed by atoms with Gasteiger partial charge in [0.2, 0.25) is 0 Å². The average Bonchev–Trinajstić information content (AvgIpc) is 2.34. The monoisotopic (exact) mass is 268 g/mol. The van der Waals surface area contributed by atoms with Crippen LogP contribution in [0.2, 0.25) is 0 Å². The van der Waals surface area contributed by atoms with Crippen LogP contribution in [0.4, 0.5) is 0 Å². The van der Waals surface area contributed by atoms with Crippen LogP contribution in [-0.4, -0.2) is 79.6 Å². The third kappa shape index (κ3) is 4.35. The van der Waals surface area contributed by atoms with Gasteiger partial charge in [0.1, 0.15) is 18.3 Å². The summed E-state index contributed by atoms with van der Waals surface area (Å²) in [7, 11) is 0. The minimum Gasteiger partial charge on any atom is -0.473 e. The van der Waals surface area contributed by atoms with Gasteiger partial charge in [-0.1, -0.05) is 0 Å². The second-order valence-electron chi connectivity index (χ2n) is 3.19. The Labute approximate surface area is 99.7 Å². The van der Waals surface area contributed by atoms with Crippen molar-refractivity contribution in [1.82, 2.24) is 0 Å². The van der Waals surface area contributed by atoms with Crippen molar-refractivity contribution in [2.24, 2.45) is 0 Å². The SMILES string of the molecule is O=C(O)C(=O)OC(=O)[C@H](O)[C@@H](O)[C@H](O)[C@H](O)CO. The van der Waals surface area contributed by atoms with Crippen molar-refractivity contribution in [3.63, 3.8) is 0 Å². The number of carboxylic acids is 1. The average molecular weight is 268 g/mol. The summed E-state index contributed by atoms with van der Waals surface area (Å²) in [5.74, 6) is -5.90. The molecular weight excluding hydrogens is 256 g/mol. The van der Waals surface area contributed by atoms with Gasteiger partial charge in [-0.15, -0.1) is 0 Å². The van der Waals surface area contributed by atoms with Crippen LogP contribution in [0.5, 0.6) is 0 Å². The number of aliphatic hydroxyl groups excluding tert-OH is 5. The molecule has 0 unspecified atom stereocenters. The van der Waals surface area contributed by atoms with Crippen LogP contribution in [0, 0.1) is 0 Å². The maximum Gasteiger partial charge on any atom is 0.424 e. The smallest absolute Gasteiger partial charge is 0.424 e. The molecule has 0 rings (SSSR count). The summed E-state index contributed by atoms with van der Waals surface area (Å²) >= 11 is 0. The second-order valence-corrected chi connectivity index (χ2v) is 3.19. The number of hydrogen-bond donors (Lipinski definition) is 6. The number of carboxylic acid groups (broad SMARTS) is 1. The highest BCUT2D eigenvalue weighted by Crippen LogP contribution is 2.06. The van der Waals surface area contributed by atoms with Crippen molar-refractivity contribution in [2.75, 3.05) is 6.61 Å². The van der Waals surface area contributed by atoms with Gasteiger partial charge in [0.15, 0.2) is 6.10 Å². The molecule has 0 aromatic carbocycles. The molecule has 0 amide bonds. The van der Waals surface area contributed by atoms with Crippen LogP contribution >= 0.6 is 0 Å². The first kappa shape index (κ1) is 16.4. The Morgan fingerprint density at radius 3 is 1.89 bits per heavy atom. The number of carbonyl (C=O) groups is 3. The van der Waals surface area contributed by atoms with Crippen LogP contribution < -0.4 is 0 Å². The molecule has 0 bridgehead atoms. The molecule has 10 heteroatoms. The van der Waals surface area contributed by atoms with Crippen LogP contribution in [0.3, 0.4) is 0 Å². The Balaban J connectivity index is 4.54. The number of esters is 2. The van der Waals surface area contributed by atoms with Crippen molar-refractivity contribution in [3.8, 4) is 0 Å². The maximum absolute atomic E-state index is 10.9. The van der Waals surface area contributed by atoms with E-state index in [4.69, 9.17) is 25.5 Å². The van der Waals surface area contributed by atoms with Gasteiger partial charge in [-0.25, -0.2) is 14.4 Å². The van der Waals surface area contributed by atoms with Crippen molar-refractivity contribution in [1.29, 1.82) is 0 Å². The second kappa shape index (κ2) is 6.98. The van der Waals surface area contributed by atoms with E-state index in [-0.39, 0.29) is 0 Å². The molecule has 0 aliphatic heterocycles. The number of ether oxygens (including phenoxy) is 1. The summed E-state index contributed by atoms with van der Waals surface area (Å²) < 4.78 is 3.62. The Kier molecular flexibility index (Phi) is 6.36. The van der Waals surface area contributed by atoms with E-state index in [1.807, 2.05) is 0 Å². The summed E-state index contributed by atoms with van der Waals surface area (Å²) in [6.07, 6.45) is -8.69. The van der Waals surface area contributed by atoms with Gasteiger partial charge in [0.25, 0.3) is 0 Å². The van der Waals surface area contributed by atoms with Gasteiger partial charge in [-0.3, -0.25) is 0 Å². The molecule has 0 fully saturated rings. The van der Waals surface area contributed by atoms with Gasteiger partial charge in [0, 0.05) is 0 Å². The first-order chi connectivity index (χ1) is 8.22. The van der Waals surface area contributed by atoms with Crippen molar-refractivity contribution >= 4 is 17.9 Å².